The number of primary amides is 1. The van der Waals surface area contributed by atoms with E-state index in [9.17, 15) is 4.79 Å². The largest absolute Gasteiger partial charge is 0.450 e. The third-order valence-corrected chi connectivity index (χ3v) is 2.73. The normalized spacial score (nSPS) is 11.4. The van der Waals surface area contributed by atoms with Crippen LogP contribution in [0.15, 0.2) is 0 Å². The number of hydrogen-bond acceptors (Lipinski definition) is 4. The predicted molar refractivity (Wildman–Crippen MR) is 60.7 cm³/mol. The maximum absolute atomic E-state index is 10.5. The van der Waals surface area contributed by atoms with E-state index in [0.717, 1.165) is 25.9 Å². The molecular weight excluding hydrogens is 194 g/mol. The molecule has 90 valence electrons. The van der Waals surface area contributed by atoms with Gasteiger partial charge in [-0.25, -0.2) is 4.79 Å². The number of amides is 1. The standard InChI is InChI=1S/C10H23N3O2/c1-4-10(7-12-2,8-13-3)5-6-15-9(11)14/h12-13H,4-8H2,1-3H3,(H2,11,14). The van der Waals surface area contributed by atoms with Gasteiger partial charge in [0.2, 0.25) is 0 Å². The van der Waals surface area contributed by atoms with Gasteiger partial charge in [-0.1, -0.05) is 6.92 Å². The zero-order valence-electron chi connectivity index (χ0n) is 9.93. The highest BCUT2D eigenvalue weighted by atomic mass is 16.5. The maximum atomic E-state index is 10.5. The molecule has 0 aromatic rings. The van der Waals surface area contributed by atoms with Gasteiger partial charge in [-0.3, -0.25) is 0 Å². The summed E-state index contributed by atoms with van der Waals surface area (Å²) in [5.41, 5.74) is 5.04. The van der Waals surface area contributed by atoms with Gasteiger partial charge < -0.3 is 21.1 Å². The Morgan fingerprint density at radius 2 is 1.87 bits per heavy atom. The van der Waals surface area contributed by atoms with Crippen molar-refractivity contribution in [2.75, 3.05) is 33.8 Å². The van der Waals surface area contributed by atoms with Gasteiger partial charge in [0.1, 0.15) is 0 Å². The summed E-state index contributed by atoms with van der Waals surface area (Å²) in [6, 6.07) is 0. The van der Waals surface area contributed by atoms with Crippen molar-refractivity contribution in [3.63, 3.8) is 0 Å². The Balaban J connectivity index is 4.13. The van der Waals surface area contributed by atoms with Crippen LogP contribution in [0.4, 0.5) is 4.79 Å². The number of carbonyl (C=O) groups is 1. The minimum absolute atomic E-state index is 0.124. The van der Waals surface area contributed by atoms with E-state index in [0.29, 0.717) is 6.61 Å². The van der Waals surface area contributed by atoms with Gasteiger partial charge in [0.25, 0.3) is 0 Å². The average molecular weight is 217 g/mol. The molecule has 0 aliphatic carbocycles. The average Bonchev–Trinajstić information content (AvgIpc) is 2.17. The SMILES string of the molecule is CCC(CCOC(N)=O)(CNC)CNC. The molecule has 0 saturated heterocycles. The van der Waals surface area contributed by atoms with E-state index in [1.54, 1.807) is 0 Å². The molecule has 5 heteroatoms. The second-order valence-corrected chi connectivity index (χ2v) is 3.83. The lowest BCUT2D eigenvalue weighted by molar-refractivity contribution is 0.124. The molecule has 1 amide bonds. The summed E-state index contributed by atoms with van der Waals surface area (Å²) in [6.07, 6.45) is 1.14. The first-order valence-corrected chi connectivity index (χ1v) is 5.31. The Bertz CT molecular complexity index is 180. The van der Waals surface area contributed by atoms with Crippen molar-refractivity contribution in [2.45, 2.75) is 19.8 Å². The Labute approximate surface area is 91.7 Å². The lowest BCUT2D eigenvalue weighted by atomic mass is 9.81. The van der Waals surface area contributed by atoms with Crippen LogP contribution in [-0.4, -0.2) is 39.9 Å². The van der Waals surface area contributed by atoms with Gasteiger partial charge in [-0.2, -0.15) is 0 Å². The molecule has 0 rings (SSSR count). The summed E-state index contributed by atoms with van der Waals surface area (Å²) in [7, 11) is 3.85. The summed E-state index contributed by atoms with van der Waals surface area (Å²) < 4.78 is 4.78. The Hall–Kier alpha value is -0.810. The van der Waals surface area contributed by atoms with Gasteiger partial charge in [0.05, 0.1) is 6.61 Å². The van der Waals surface area contributed by atoms with Crippen LogP contribution in [-0.2, 0) is 4.74 Å². The molecule has 0 heterocycles. The molecule has 0 aliphatic heterocycles. The molecule has 0 aromatic heterocycles. The van der Waals surface area contributed by atoms with Crippen LogP contribution >= 0.6 is 0 Å². The highest BCUT2D eigenvalue weighted by molar-refractivity contribution is 5.64. The van der Waals surface area contributed by atoms with Crippen molar-refractivity contribution in [1.82, 2.24) is 10.6 Å². The first-order chi connectivity index (χ1) is 7.10. The first-order valence-electron chi connectivity index (χ1n) is 5.31. The van der Waals surface area contributed by atoms with Gasteiger partial charge in [0.15, 0.2) is 0 Å². The van der Waals surface area contributed by atoms with E-state index in [-0.39, 0.29) is 5.41 Å². The summed E-state index contributed by atoms with van der Waals surface area (Å²) in [4.78, 5) is 10.5. The molecule has 4 N–H and O–H groups in total. The minimum Gasteiger partial charge on any atom is -0.450 e. The molecule has 0 unspecified atom stereocenters. The van der Waals surface area contributed by atoms with E-state index in [1.807, 2.05) is 14.1 Å². The van der Waals surface area contributed by atoms with Crippen LogP contribution in [0.5, 0.6) is 0 Å². The van der Waals surface area contributed by atoms with Crippen molar-refractivity contribution in [1.29, 1.82) is 0 Å². The molecule has 0 aliphatic rings. The van der Waals surface area contributed by atoms with Crippen molar-refractivity contribution in [2.24, 2.45) is 11.1 Å². The van der Waals surface area contributed by atoms with Crippen molar-refractivity contribution < 1.29 is 9.53 Å². The van der Waals surface area contributed by atoms with Gasteiger partial charge in [0, 0.05) is 13.1 Å². The molecule has 0 spiro atoms. The molecule has 0 fully saturated rings. The molecule has 0 saturated carbocycles. The molecule has 0 radical (unpaired) electrons. The second-order valence-electron chi connectivity index (χ2n) is 3.83. The number of rotatable bonds is 8. The molecule has 0 bridgehead atoms. The number of ether oxygens (including phenoxy) is 1. The zero-order chi connectivity index (χ0) is 11.7. The lowest BCUT2D eigenvalue weighted by Gasteiger charge is -2.32. The van der Waals surface area contributed by atoms with E-state index in [1.165, 1.54) is 0 Å². The van der Waals surface area contributed by atoms with Crippen molar-refractivity contribution in [3.05, 3.63) is 0 Å². The smallest absolute Gasteiger partial charge is 0.404 e. The fourth-order valence-electron chi connectivity index (χ4n) is 1.78. The monoisotopic (exact) mass is 217 g/mol. The van der Waals surface area contributed by atoms with Gasteiger partial charge in [-0.15, -0.1) is 0 Å². The van der Waals surface area contributed by atoms with Crippen LogP contribution < -0.4 is 16.4 Å². The third-order valence-electron chi connectivity index (χ3n) is 2.73. The van der Waals surface area contributed by atoms with Crippen molar-refractivity contribution in [3.8, 4) is 0 Å². The first kappa shape index (κ1) is 14.2. The Morgan fingerprint density at radius 1 is 1.33 bits per heavy atom. The highest BCUT2D eigenvalue weighted by Gasteiger charge is 2.26. The van der Waals surface area contributed by atoms with Crippen LogP contribution in [0.25, 0.3) is 0 Å². The van der Waals surface area contributed by atoms with E-state index in [4.69, 9.17) is 10.5 Å². The van der Waals surface area contributed by atoms with Gasteiger partial charge >= 0.3 is 6.09 Å². The fourth-order valence-corrected chi connectivity index (χ4v) is 1.78. The van der Waals surface area contributed by atoms with E-state index < -0.39 is 6.09 Å². The summed E-state index contributed by atoms with van der Waals surface area (Å²) in [5, 5.41) is 6.34. The zero-order valence-corrected chi connectivity index (χ0v) is 9.93. The van der Waals surface area contributed by atoms with Crippen molar-refractivity contribution >= 4 is 6.09 Å². The molecule has 0 aromatic carbocycles. The summed E-state index contributed by atoms with van der Waals surface area (Å²) in [6.45, 7) is 4.31. The van der Waals surface area contributed by atoms with Crippen LogP contribution in [0.2, 0.25) is 0 Å². The number of nitrogens with one attached hydrogen (secondary N) is 2. The molecular formula is C10H23N3O2. The topological polar surface area (TPSA) is 76.4 Å². The number of hydrogen-bond donors (Lipinski definition) is 3. The minimum atomic E-state index is -0.700. The number of nitrogens with two attached hydrogens (primary N) is 1. The van der Waals surface area contributed by atoms with E-state index >= 15 is 0 Å². The molecule has 0 atom stereocenters. The maximum Gasteiger partial charge on any atom is 0.404 e. The van der Waals surface area contributed by atoms with Gasteiger partial charge in [-0.05, 0) is 32.4 Å². The highest BCUT2D eigenvalue weighted by Crippen LogP contribution is 2.24. The summed E-state index contributed by atoms with van der Waals surface area (Å²) in [5.74, 6) is 0. The lowest BCUT2D eigenvalue weighted by Crippen LogP contribution is -2.41. The van der Waals surface area contributed by atoms with Crippen LogP contribution in [0, 0.1) is 5.41 Å². The fraction of sp³-hybridized carbons (Fsp3) is 0.900. The quantitative estimate of drug-likeness (QED) is 0.547. The van der Waals surface area contributed by atoms with Crippen LogP contribution in [0.3, 0.4) is 0 Å². The molecule has 5 nitrogen and oxygen atoms in total. The Morgan fingerprint density at radius 3 is 2.20 bits per heavy atom. The molecule has 15 heavy (non-hydrogen) atoms. The third kappa shape index (κ3) is 5.59. The number of carbonyl (C=O) groups excluding carboxylic acids is 1. The van der Waals surface area contributed by atoms with E-state index in [2.05, 4.69) is 17.6 Å². The summed E-state index contributed by atoms with van der Waals surface area (Å²) >= 11 is 0. The predicted octanol–water partition coefficient (Wildman–Crippen LogP) is 0.307. The Kier molecular flexibility index (Phi) is 7.07. The second kappa shape index (κ2) is 7.48. The van der Waals surface area contributed by atoms with Crippen LogP contribution in [0.1, 0.15) is 19.8 Å².